The van der Waals surface area contributed by atoms with E-state index in [0.717, 1.165) is 37.3 Å². The highest BCUT2D eigenvalue weighted by molar-refractivity contribution is 5.58. The van der Waals surface area contributed by atoms with Gasteiger partial charge in [-0.25, -0.2) is 0 Å². The first-order valence-corrected chi connectivity index (χ1v) is 6.30. The van der Waals surface area contributed by atoms with E-state index in [0.29, 0.717) is 0 Å². The van der Waals surface area contributed by atoms with Gasteiger partial charge in [-0.1, -0.05) is 6.92 Å². The number of rotatable bonds is 6. The zero-order valence-corrected chi connectivity index (χ0v) is 11.5. The highest BCUT2D eigenvalue weighted by Crippen LogP contribution is 2.20. The van der Waals surface area contributed by atoms with Crippen LogP contribution in [0, 0.1) is 6.92 Å². The van der Waals surface area contributed by atoms with E-state index < -0.39 is 0 Å². The summed E-state index contributed by atoms with van der Waals surface area (Å²) in [5, 5.41) is 0. The predicted molar refractivity (Wildman–Crippen MR) is 76.6 cm³/mol. The van der Waals surface area contributed by atoms with Gasteiger partial charge in [-0.05, 0) is 51.2 Å². The van der Waals surface area contributed by atoms with Crippen LogP contribution in [0.25, 0.3) is 0 Å². The van der Waals surface area contributed by atoms with Gasteiger partial charge < -0.3 is 15.5 Å². The van der Waals surface area contributed by atoms with E-state index in [1.807, 2.05) is 6.07 Å². The molecule has 0 aliphatic rings. The lowest BCUT2D eigenvalue weighted by atomic mass is 10.1. The molecule has 0 atom stereocenters. The first-order chi connectivity index (χ1) is 8.04. The highest BCUT2D eigenvalue weighted by Gasteiger charge is 2.07. The molecule has 3 nitrogen and oxygen atoms in total. The van der Waals surface area contributed by atoms with Crippen molar-refractivity contribution in [3.63, 3.8) is 0 Å². The third-order valence-corrected chi connectivity index (χ3v) is 2.93. The average molecular weight is 235 g/mol. The van der Waals surface area contributed by atoms with Gasteiger partial charge in [-0.15, -0.1) is 0 Å². The Morgan fingerprint density at radius 3 is 2.35 bits per heavy atom. The van der Waals surface area contributed by atoms with E-state index in [9.17, 15) is 0 Å². The molecule has 17 heavy (non-hydrogen) atoms. The Morgan fingerprint density at radius 2 is 1.82 bits per heavy atom. The molecule has 0 aliphatic carbocycles. The summed E-state index contributed by atoms with van der Waals surface area (Å²) in [6, 6.07) is 6.30. The van der Waals surface area contributed by atoms with Crippen molar-refractivity contribution >= 4 is 11.4 Å². The molecule has 0 aliphatic heterocycles. The smallest absolute Gasteiger partial charge is 0.0370 e. The van der Waals surface area contributed by atoms with Crippen molar-refractivity contribution in [1.29, 1.82) is 0 Å². The Hall–Kier alpha value is -1.22. The number of nitrogens with zero attached hydrogens (tertiary/aromatic N) is 2. The maximum absolute atomic E-state index is 5.86. The Labute approximate surface area is 105 Å². The van der Waals surface area contributed by atoms with Crippen LogP contribution in [0.1, 0.15) is 18.9 Å². The number of hydrogen-bond donors (Lipinski definition) is 1. The molecule has 0 heterocycles. The van der Waals surface area contributed by atoms with Crippen molar-refractivity contribution in [3.8, 4) is 0 Å². The molecule has 0 spiro atoms. The normalized spacial score (nSPS) is 10.9. The van der Waals surface area contributed by atoms with Crippen LogP contribution in [0.4, 0.5) is 11.4 Å². The minimum absolute atomic E-state index is 0.873. The fourth-order valence-electron chi connectivity index (χ4n) is 1.82. The zero-order chi connectivity index (χ0) is 12.8. The van der Waals surface area contributed by atoms with Crippen molar-refractivity contribution in [2.45, 2.75) is 20.3 Å². The maximum Gasteiger partial charge on any atom is 0.0370 e. The molecule has 3 heteroatoms. The molecule has 0 saturated carbocycles. The molecule has 2 N–H and O–H groups in total. The van der Waals surface area contributed by atoms with Gasteiger partial charge in [0.25, 0.3) is 0 Å². The Kier molecular flexibility index (Phi) is 5.29. The van der Waals surface area contributed by atoms with Crippen LogP contribution in [-0.2, 0) is 0 Å². The van der Waals surface area contributed by atoms with Crippen LogP contribution in [0.15, 0.2) is 18.2 Å². The Morgan fingerprint density at radius 1 is 1.12 bits per heavy atom. The SMILES string of the molecule is CCCN(CCN(C)C)c1ccc(N)c(C)c1. The minimum atomic E-state index is 0.873. The minimum Gasteiger partial charge on any atom is -0.399 e. The second-order valence-electron chi connectivity index (χ2n) is 4.83. The monoisotopic (exact) mass is 235 g/mol. The fourth-order valence-corrected chi connectivity index (χ4v) is 1.82. The van der Waals surface area contributed by atoms with E-state index >= 15 is 0 Å². The molecule has 0 fully saturated rings. The van der Waals surface area contributed by atoms with Gasteiger partial charge in [0, 0.05) is 31.0 Å². The summed E-state index contributed by atoms with van der Waals surface area (Å²) in [4.78, 5) is 4.64. The maximum atomic E-state index is 5.86. The summed E-state index contributed by atoms with van der Waals surface area (Å²) >= 11 is 0. The molecule has 0 bridgehead atoms. The van der Waals surface area contributed by atoms with Crippen molar-refractivity contribution in [2.75, 3.05) is 44.4 Å². The Balaban J connectivity index is 2.77. The van der Waals surface area contributed by atoms with E-state index in [1.165, 1.54) is 5.69 Å². The molecule has 0 unspecified atom stereocenters. The number of likely N-dealkylation sites (N-methyl/N-ethyl adjacent to an activating group) is 1. The number of hydrogen-bond acceptors (Lipinski definition) is 3. The summed E-state index contributed by atoms with van der Waals surface area (Å²) in [5.41, 5.74) is 9.17. The third-order valence-electron chi connectivity index (χ3n) is 2.93. The molecule has 96 valence electrons. The van der Waals surface area contributed by atoms with Gasteiger partial charge in [0.15, 0.2) is 0 Å². The van der Waals surface area contributed by atoms with Crippen molar-refractivity contribution in [3.05, 3.63) is 23.8 Å². The molecule has 0 amide bonds. The quantitative estimate of drug-likeness (QED) is 0.768. The second kappa shape index (κ2) is 6.50. The number of anilines is 2. The molecule has 0 saturated heterocycles. The summed E-state index contributed by atoms with van der Waals surface area (Å²) in [6.07, 6.45) is 1.16. The molecule has 1 aromatic carbocycles. The molecular weight excluding hydrogens is 210 g/mol. The summed E-state index contributed by atoms with van der Waals surface area (Å²) < 4.78 is 0. The van der Waals surface area contributed by atoms with E-state index in [1.54, 1.807) is 0 Å². The molecular formula is C14H25N3. The number of benzene rings is 1. The topological polar surface area (TPSA) is 32.5 Å². The number of aryl methyl sites for hydroxylation is 1. The average Bonchev–Trinajstić information content (AvgIpc) is 2.28. The van der Waals surface area contributed by atoms with Gasteiger partial charge in [-0.2, -0.15) is 0 Å². The third kappa shape index (κ3) is 4.27. The summed E-state index contributed by atoms with van der Waals surface area (Å²) in [5.74, 6) is 0. The zero-order valence-electron chi connectivity index (χ0n) is 11.5. The van der Waals surface area contributed by atoms with Crippen LogP contribution in [0.2, 0.25) is 0 Å². The fraction of sp³-hybridized carbons (Fsp3) is 0.571. The first kappa shape index (κ1) is 13.8. The molecule has 0 radical (unpaired) electrons. The molecule has 1 aromatic rings. The van der Waals surface area contributed by atoms with Crippen molar-refractivity contribution in [1.82, 2.24) is 4.90 Å². The molecule has 1 rings (SSSR count). The van der Waals surface area contributed by atoms with Crippen molar-refractivity contribution < 1.29 is 0 Å². The van der Waals surface area contributed by atoms with Crippen LogP contribution in [0.3, 0.4) is 0 Å². The number of nitrogen functional groups attached to an aromatic ring is 1. The summed E-state index contributed by atoms with van der Waals surface area (Å²) in [6.45, 7) is 7.51. The van der Waals surface area contributed by atoms with Crippen LogP contribution < -0.4 is 10.6 Å². The lowest BCUT2D eigenvalue weighted by molar-refractivity contribution is 0.413. The predicted octanol–water partition coefficient (Wildman–Crippen LogP) is 2.36. The molecule has 0 aromatic heterocycles. The Bertz CT molecular complexity index is 347. The summed E-state index contributed by atoms with van der Waals surface area (Å²) in [7, 11) is 4.22. The van der Waals surface area contributed by atoms with Crippen LogP contribution >= 0.6 is 0 Å². The largest absolute Gasteiger partial charge is 0.399 e. The van der Waals surface area contributed by atoms with E-state index in [2.05, 4.69) is 49.9 Å². The number of nitrogens with two attached hydrogens (primary N) is 1. The van der Waals surface area contributed by atoms with Gasteiger partial charge in [0.1, 0.15) is 0 Å². The van der Waals surface area contributed by atoms with Crippen molar-refractivity contribution in [2.24, 2.45) is 0 Å². The van der Waals surface area contributed by atoms with Gasteiger partial charge in [-0.3, -0.25) is 0 Å². The van der Waals surface area contributed by atoms with Crippen LogP contribution in [0.5, 0.6) is 0 Å². The van der Waals surface area contributed by atoms with E-state index in [4.69, 9.17) is 5.73 Å². The van der Waals surface area contributed by atoms with Gasteiger partial charge >= 0.3 is 0 Å². The second-order valence-corrected chi connectivity index (χ2v) is 4.83. The lowest BCUT2D eigenvalue weighted by Gasteiger charge is -2.26. The standard InChI is InChI=1S/C14H25N3/c1-5-8-17(10-9-16(3)4)13-6-7-14(15)12(2)11-13/h6-7,11H,5,8-10,15H2,1-4H3. The van der Waals surface area contributed by atoms with Gasteiger partial charge in [0.2, 0.25) is 0 Å². The lowest BCUT2D eigenvalue weighted by Crippen LogP contribution is -2.32. The van der Waals surface area contributed by atoms with Crippen LogP contribution in [-0.4, -0.2) is 38.6 Å². The van der Waals surface area contributed by atoms with E-state index in [-0.39, 0.29) is 0 Å². The first-order valence-electron chi connectivity index (χ1n) is 6.30. The van der Waals surface area contributed by atoms with Gasteiger partial charge in [0.05, 0.1) is 0 Å². The highest BCUT2D eigenvalue weighted by atomic mass is 15.2.